The monoisotopic (exact) mass is 445 g/mol. The first-order chi connectivity index (χ1) is 14.6. The number of carbonyl (C=O) groups excluding carboxylic acids is 2. The Morgan fingerprint density at radius 1 is 1.00 bits per heavy atom. The first-order valence-electron chi connectivity index (χ1n) is 10.6. The maximum Gasteiger partial charge on any atom is 0.237 e. The van der Waals surface area contributed by atoms with E-state index in [0.717, 1.165) is 19.5 Å². The first-order valence-corrected chi connectivity index (χ1v) is 12.0. The number of fused-ring (bicyclic) bond motifs is 1. The summed E-state index contributed by atoms with van der Waals surface area (Å²) in [5.74, 6) is 0.130. The highest BCUT2D eigenvalue weighted by atomic mass is 35.5. The molecule has 1 saturated heterocycles. The van der Waals surface area contributed by atoms with E-state index in [4.69, 9.17) is 11.6 Å². The number of alkyl halides is 1. The normalized spacial score (nSPS) is 19.6. The predicted octanol–water partition coefficient (Wildman–Crippen LogP) is 3.30. The van der Waals surface area contributed by atoms with Gasteiger partial charge in [-0.3, -0.25) is 14.5 Å². The first kappa shape index (κ1) is 21.3. The minimum absolute atomic E-state index is 0.00771. The summed E-state index contributed by atoms with van der Waals surface area (Å²) in [6, 6.07) is 11.0. The van der Waals surface area contributed by atoms with Crippen LogP contribution in [0, 0.1) is 6.92 Å². The molecule has 0 bridgehead atoms. The van der Waals surface area contributed by atoms with E-state index in [1.54, 1.807) is 4.90 Å². The molecule has 4 rings (SSSR count). The van der Waals surface area contributed by atoms with Gasteiger partial charge in [-0.05, 0) is 41.5 Å². The SMILES string of the molecule is Cc1ccccc1C1c2ccsc2CCN1CCC(=O)N1CCN(C(=O)CCl)CC1. The third kappa shape index (κ3) is 4.41. The van der Waals surface area contributed by atoms with Crippen LogP contribution in [0.25, 0.3) is 0 Å². The largest absolute Gasteiger partial charge is 0.339 e. The molecule has 5 nitrogen and oxygen atoms in total. The Morgan fingerprint density at radius 2 is 1.70 bits per heavy atom. The molecule has 1 fully saturated rings. The number of halogens is 1. The Morgan fingerprint density at radius 3 is 2.40 bits per heavy atom. The van der Waals surface area contributed by atoms with Crippen molar-refractivity contribution in [1.82, 2.24) is 14.7 Å². The van der Waals surface area contributed by atoms with Crippen LogP contribution in [0.1, 0.15) is 34.0 Å². The van der Waals surface area contributed by atoms with Gasteiger partial charge in [-0.15, -0.1) is 22.9 Å². The molecule has 0 aliphatic carbocycles. The van der Waals surface area contributed by atoms with E-state index in [9.17, 15) is 9.59 Å². The minimum atomic E-state index is -0.0512. The summed E-state index contributed by atoms with van der Waals surface area (Å²) in [6.07, 6.45) is 1.55. The summed E-state index contributed by atoms with van der Waals surface area (Å²) >= 11 is 7.49. The van der Waals surface area contributed by atoms with Gasteiger partial charge >= 0.3 is 0 Å². The molecular weight excluding hydrogens is 418 g/mol. The average Bonchev–Trinajstić information content (AvgIpc) is 3.26. The molecule has 7 heteroatoms. The highest BCUT2D eigenvalue weighted by molar-refractivity contribution is 7.10. The number of aryl methyl sites for hydroxylation is 1. The third-order valence-electron chi connectivity index (χ3n) is 6.26. The zero-order chi connectivity index (χ0) is 21.1. The summed E-state index contributed by atoms with van der Waals surface area (Å²) in [6.45, 7) is 6.22. The Balaban J connectivity index is 1.42. The molecule has 2 aromatic rings. The molecule has 2 aliphatic heterocycles. The molecule has 0 N–H and O–H groups in total. The summed E-state index contributed by atoms with van der Waals surface area (Å²) in [4.78, 5) is 32.2. The molecule has 3 heterocycles. The smallest absolute Gasteiger partial charge is 0.237 e. The standard InChI is InChI=1S/C23H28ClN3O2S/c1-17-4-2-3-5-18(17)23-19-8-15-30-20(19)6-9-27(23)10-7-21(28)25-11-13-26(14-12-25)22(29)16-24/h2-5,8,15,23H,6-7,9-14,16H2,1H3. The highest BCUT2D eigenvalue weighted by Crippen LogP contribution is 2.38. The van der Waals surface area contributed by atoms with E-state index in [0.29, 0.717) is 32.6 Å². The zero-order valence-electron chi connectivity index (χ0n) is 17.3. The summed E-state index contributed by atoms with van der Waals surface area (Å²) < 4.78 is 0. The van der Waals surface area contributed by atoms with Gasteiger partial charge < -0.3 is 9.80 Å². The Kier molecular flexibility index (Phi) is 6.76. The van der Waals surface area contributed by atoms with Gasteiger partial charge in [0, 0.05) is 50.6 Å². The zero-order valence-corrected chi connectivity index (χ0v) is 18.9. The van der Waals surface area contributed by atoms with Crippen LogP contribution in [0.3, 0.4) is 0 Å². The van der Waals surface area contributed by atoms with Crippen LogP contribution in [0.5, 0.6) is 0 Å². The van der Waals surface area contributed by atoms with E-state index >= 15 is 0 Å². The van der Waals surface area contributed by atoms with Crippen LogP contribution >= 0.6 is 22.9 Å². The van der Waals surface area contributed by atoms with Crippen LogP contribution in [0.2, 0.25) is 0 Å². The molecule has 30 heavy (non-hydrogen) atoms. The Labute approximate surface area is 187 Å². The molecule has 2 amide bonds. The maximum atomic E-state index is 12.9. The molecular formula is C23H28ClN3O2S. The van der Waals surface area contributed by atoms with Gasteiger partial charge in [0.1, 0.15) is 5.88 Å². The number of thiophene rings is 1. The fourth-order valence-electron chi connectivity index (χ4n) is 4.55. The average molecular weight is 446 g/mol. The van der Waals surface area contributed by atoms with E-state index < -0.39 is 0 Å². The van der Waals surface area contributed by atoms with Gasteiger partial charge in [-0.1, -0.05) is 24.3 Å². The number of benzene rings is 1. The van der Waals surface area contributed by atoms with Gasteiger partial charge in [-0.2, -0.15) is 0 Å². The second kappa shape index (κ2) is 9.50. The highest BCUT2D eigenvalue weighted by Gasteiger charge is 2.31. The predicted molar refractivity (Wildman–Crippen MR) is 121 cm³/mol. The van der Waals surface area contributed by atoms with Gasteiger partial charge in [-0.25, -0.2) is 0 Å². The Bertz CT molecular complexity index is 907. The molecule has 1 unspecified atom stereocenters. The molecule has 0 saturated carbocycles. The van der Waals surface area contributed by atoms with Crippen molar-refractivity contribution in [3.63, 3.8) is 0 Å². The molecule has 1 aromatic carbocycles. The summed E-state index contributed by atoms with van der Waals surface area (Å²) in [5, 5.41) is 2.19. The third-order valence-corrected chi connectivity index (χ3v) is 7.49. The van der Waals surface area contributed by atoms with E-state index in [2.05, 4.69) is 47.5 Å². The number of rotatable bonds is 5. The van der Waals surface area contributed by atoms with Gasteiger partial charge in [0.05, 0.1) is 6.04 Å². The number of hydrogen-bond donors (Lipinski definition) is 0. The molecule has 2 aliphatic rings. The van der Waals surface area contributed by atoms with Crippen molar-refractivity contribution in [2.45, 2.75) is 25.8 Å². The van der Waals surface area contributed by atoms with Crippen molar-refractivity contribution < 1.29 is 9.59 Å². The van der Waals surface area contributed by atoms with Crippen LogP contribution < -0.4 is 0 Å². The number of nitrogens with zero attached hydrogens (tertiary/aromatic N) is 3. The van der Waals surface area contributed by atoms with Crippen molar-refractivity contribution in [2.24, 2.45) is 0 Å². The van der Waals surface area contributed by atoms with Crippen LogP contribution in [-0.2, 0) is 16.0 Å². The van der Waals surface area contributed by atoms with Gasteiger partial charge in [0.2, 0.25) is 11.8 Å². The minimum Gasteiger partial charge on any atom is -0.339 e. The molecule has 160 valence electrons. The van der Waals surface area contributed by atoms with E-state index in [-0.39, 0.29) is 23.7 Å². The number of hydrogen-bond acceptors (Lipinski definition) is 4. The van der Waals surface area contributed by atoms with Crippen molar-refractivity contribution in [2.75, 3.05) is 45.1 Å². The second-order valence-corrected chi connectivity index (χ2v) is 9.26. The molecule has 0 radical (unpaired) electrons. The van der Waals surface area contributed by atoms with Gasteiger partial charge in [0.15, 0.2) is 0 Å². The van der Waals surface area contributed by atoms with E-state index in [1.807, 2.05) is 16.2 Å². The van der Waals surface area contributed by atoms with Crippen molar-refractivity contribution >= 4 is 34.8 Å². The summed E-state index contributed by atoms with van der Waals surface area (Å²) in [7, 11) is 0. The lowest BCUT2D eigenvalue weighted by atomic mass is 9.90. The number of piperazine rings is 1. The summed E-state index contributed by atoms with van der Waals surface area (Å²) in [5.41, 5.74) is 4.01. The lowest BCUT2D eigenvalue weighted by Crippen LogP contribution is -2.51. The molecule has 0 spiro atoms. The maximum absolute atomic E-state index is 12.9. The fourth-order valence-corrected chi connectivity index (χ4v) is 5.63. The Hall–Kier alpha value is -1.89. The lowest BCUT2D eigenvalue weighted by Gasteiger charge is -2.38. The quantitative estimate of drug-likeness (QED) is 0.663. The molecule has 1 aromatic heterocycles. The van der Waals surface area contributed by atoms with Crippen LogP contribution in [0.15, 0.2) is 35.7 Å². The fraction of sp³-hybridized carbons (Fsp3) is 0.478. The van der Waals surface area contributed by atoms with E-state index in [1.165, 1.54) is 21.6 Å². The number of carbonyl (C=O) groups is 2. The topological polar surface area (TPSA) is 43.9 Å². The van der Waals surface area contributed by atoms with Crippen LogP contribution in [0.4, 0.5) is 0 Å². The van der Waals surface area contributed by atoms with Gasteiger partial charge in [0.25, 0.3) is 0 Å². The van der Waals surface area contributed by atoms with Crippen molar-refractivity contribution in [3.8, 4) is 0 Å². The van der Waals surface area contributed by atoms with Crippen molar-refractivity contribution in [3.05, 3.63) is 57.3 Å². The lowest BCUT2D eigenvalue weighted by molar-refractivity contribution is -0.138. The van der Waals surface area contributed by atoms with Crippen LogP contribution in [-0.4, -0.2) is 71.7 Å². The van der Waals surface area contributed by atoms with Crippen molar-refractivity contribution in [1.29, 1.82) is 0 Å². The molecule has 1 atom stereocenters. The second-order valence-electron chi connectivity index (χ2n) is 7.99. The number of amides is 2.